The van der Waals surface area contributed by atoms with E-state index in [0.29, 0.717) is 21.1 Å². The molecular weight excluding hydrogens is 352 g/mol. The van der Waals surface area contributed by atoms with Gasteiger partial charge >= 0.3 is 0 Å². The minimum Gasteiger partial charge on any atom is -0.497 e. The Hall–Kier alpha value is -2.54. The molecule has 0 radical (unpaired) electrons. The van der Waals surface area contributed by atoms with Crippen molar-refractivity contribution in [2.75, 3.05) is 21.2 Å². The van der Waals surface area contributed by atoms with Crippen molar-refractivity contribution in [2.45, 2.75) is 30.6 Å². The molecular formula is C19H24N2O4S. The number of carbonyl (C=O) groups is 1. The molecule has 0 saturated carbocycles. The van der Waals surface area contributed by atoms with Crippen LogP contribution in [0.1, 0.15) is 29.8 Å². The molecule has 2 aromatic carbocycles. The SMILES string of the molecule is CC.COc1ccc(Sc2ccc(C)cc2[N+](=O)[O-])c(C(=O)N(C)C)c1. The number of hydrogen-bond donors (Lipinski definition) is 0. The number of aryl methyl sites for hydroxylation is 1. The van der Waals surface area contributed by atoms with Gasteiger partial charge in [0.1, 0.15) is 5.75 Å². The highest BCUT2D eigenvalue weighted by Crippen LogP contribution is 2.38. The zero-order valence-electron chi connectivity index (χ0n) is 15.9. The van der Waals surface area contributed by atoms with Gasteiger partial charge in [0, 0.05) is 25.1 Å². The van der Waals surface area contributed by atoms with Crippen LogP contribution in [0.5, 0.6) is 5.75 Å². The third-order valence-corrected chi connectivity index (χ3v) is 4.50. The number of nitrogens with zero attached hydrogens (tertiary/aromatic N) is 2. The van der Waals surface area contributed by atoms with E-state index in [0.717, 1.165) is 5.56 Å². The second-order valence-electron chi connectivity index (χ2n) is 5.39. The van der Waals surface area contributed by atoms with Gasteiger partial charge in [-0.15, -0.1) is 0 Å². The van der Waals surface area contributed by atoms with Crippen LogP contribution in [0.3, 0.4) is 0 Å². The molecule has 26 heavy (non-hydrogen) atoms. The maximum Gasteiger partial charge on any atom is 0.283 e. The topological polar surface area (TPSA) is 72.7 Å². The Morgan fingerprint density at radius 2 is 1.73 bits per heavy atom. The van der Waals surface area contributed by atoms with E-state index in [1.54, 1.807) is 45.3 Å². The van der Waals surface area contributed by atoms with E-state index in [1.807, 2.05) is 19.9 Å². The van der Waals surface area contributed by atoms with Gasteiger partial charge in [-0.2, -0.15) is 0 Å². The molecule has 0 spiro atoms. The van der Waals surface area contributed by atoms with Crippen LogP contribution in [-0.4, -0.2) is 36.9 Å². The van der Waals surface area contributed by atoms with E-state index >= 15 is 0 Å². The standard InChI is InChI=1S/C17H18N2O4S.C2H6/c1-11-5-7-16(14(9-11)19(21)22)24-15-8-6-12(23-4)10-13(15)17(20)18(2)3;1-2/h5-10H,1-4H3;1-2H3. The summed E-state index contributed by atoms with van der Waals surface area (Å²) in [6.07, 6.45) is 0. The number of nitro benzene ring substituents is 1. The van der Waals surface area contributed by atoms with E-state index in [-0.39, 0.29) is 11.6 Å². The Balaban J connectivity index is 0.00000163. The number of methoxy groups -OCH3 is 1. The lowest BCUT2D eigenvalue weighted by molar-refractivity contribution is -0.387. The summed E-state index contributed by atoms with van der Waals surface area (Å²) in [5, 5.41) is 11.3. The van der Waals surface area contributed by atoms with Gasteiger partial charge in [0.2, 0.25) is 0 Å². The van der Waals surface area contributed by atoms with Crippen LogP contribution in [0, 0.1) is 17.0 Å². The molecule has 0 saturated heterocycles. The number of nitro groups is 1. The molecule has 140 valence electrons. The number of benzene rings is 2. The first-order chi connectivity index (χ1) is 12.3. The summed E-state index contributed by atoms with van der Waals surface area (Å²) < 4.78 is 5.18. The number of carbonyl (C=O) groups excluding carboxylic acids is 1. The van der Waals surface area contributed by atoms with Gasteiger partial charge in [-0.25, -0.2) is 0 Å². The van der Waals surface area contributed by atoms with Gasteiger partial charge in [0.05, 0.1) is 22.5 Å². The van der Waals surface area contributed by atoms with Crippen LogP contribution in [0.2, 0.25) is 0 Å². The lowest BCUT2D eigenvalue weighted by Crippen LogP contribution is -2.22. The summed E-state index contributed by atoms with van der Waals surface area (Å²) in [6.45, 7) is 5.80. The van der Waals surface area contributed by atoms with Gasteiger partial charge in [-0.3, -0.25) is 14.9 Å². The third kappa shape index (κ3) is 5.23. The monoisotopic (exact) mass is 376 g/mol. The predicted octanol–water partition coefficient (Wildman–Crippen LogP) is 4.79. The van der Waals surface area contributed by atoms with Gasteiger partial charge in [-0.1, -0.05) is 31.7 Å². The largest absolute Gasteiger partial charge is 0.497 e. The van der Waals surface area contributed by atoms with E-state index < -0.39 is 4.92 Å². The van der Waals surface area contributed by atoms with Gasteiger partial charge in [0.15, 0.2) is 0 Å². The molecule has 0 heterocycles. The van der Waals surface area contributed by atoms with Gasteiger partial charge in [-0.05, 0) is 36.8 Å². The molecule has 0 fully saturated rings. The molecule has 0 unspecified atom stereocenters. The normalized spacial score (nSPS) is 9.77. The van der Waals surface area contributed by atoms with E-state index in [2.05, 4.69) is 0 Å². The molecule has 2 aromatic rings. The number of amides is 1. The Bertz CT molecular complexity index is 791. The molecule has 0 aromatic heterocycles. The first-order valence-corrected chi connectivity index (χ1v) is 8.97. The Morgan fingerprint density at radius 1 is 1.12 bits per heavy atom. The summed E-state index contributed by atoms with van der Waals surface area (Å²) in [4.78, 5) is 25.9. The number of hydrogen-bond acceptors (Lipinski definition) is 5. The zero-order valence-corrected chi connectivity index (χ0v) is 16.7. The maximum absolute atomic E-state index is 12.4. The quantitative estimate of drug-likeness (QED) is 0.554. The van der Waals surface area contributed by atoms with Crippen molar-refractivity contribution in [1.29, 1.82) is 0 Å². The highest BCUT2D eigenvalue weighted by molar-refractivity contribution is 7.99. The van der Waals surface area contributed by atoms with Gasteiger partial charge < -0.3 is 9.64 Å². The van der Waals surface area contributed by atoms with Crippen LogP contribution >= 0.6 is 11.8 Å². The van der Waals surface area contributed by atoms with Crippen molar-refractivity contribution in [3.05, 3.63) is 57.6 Å². The summed E-state index contributed by atoms with van der Waals surface area (Å²) in [7, 11) is 4.84. The van der Waals surface area contributed by atoms with E-state index in [1.165, 1.54) is 29.8 Å². The smallest absolute Gasteiger partial charge is 0.283 e. The van der Waals surface area contributed by atoms with E-state index in [9.17, 15) is 14.9 Å². The van der Waals surface area contributed by atoms with Crippen molar-refractivity contribution < 1.29 is 14.5 Å². The number of ether oxygens (including phenoxy) is 1. The number of rotatable bonds is 5. The van der Waals surface area contributed by atoms with Crippen molar-refractivity contribution in [1.82, 2.24) is 4.90 Å². The lowest BCUT2D eigenvalue weighted by atomic mass is 10.2. The van der Waals surface area contributed by atoms with Crippen LogP contribution in [0.15, 0.2) is 46.2 Å². The molecule has 0 bridgehead atoms. The second kappa shape index (κ2) is 9.82. The zero-order chi connectivity index (χ0) is 19.9. The minimum atomic E-state index is -0.410. The average molecular weight is 376 g/mol. The molecule has 7 heteroatoms. The molecule has 0 aliphatic rings. The van der Waals surface area contributed by atoms with Crippen molar-refractivity contribution in [3.63, 3.8) is 0 Å². The molecule has 0 atom stereocenters. The molecule has 0 N–H and O–H groups in total. The van der Waals surface area contributed by atoms with Crippen LogP contribution in [0.4, 0.5) is 5.69 Å². The molecule has 2 rings (SSSR count). The van der Waals surface area contributed by atoms with Crippen molar-refractivity contribution in [2.24, 2.45) is 0 Å². The Morgan fingerprint density at radius 3 is 2.27 bits per heavy atom. The minimum absolute atomic E-state index is 0.0269. The fourth-order valence-electron chi connectivity index (χ4n) is 2.11. The predicted molar refractivity (Wildman–Crippen MR) is 104 cm³/mol. The molecule has 0 aliphatic heterocycles. The van der Waals surface area contributed by atoms with Crippen LogP contribution < -0.4 is 4.74 Å². The van der Waals surface area contributed by atoms with Crippen molar-refractivity contribution >= 4 is 23.4 Å². The van der Waals surface area contributed by atoms with Gasteiger partial charge in [0.25, 0.3) is 11.6 Å². The fourth-order valence-corrected chi connectivity index (χ4v) is 3.11. The first kappa shape index (κ1) is 21.5. The Labute approximate surface area is 158 Å². The average Bonchev–Trinajstić information content (AvgIpc) is 2.64. The fraction of sp³-hybridized carbons (Fsp3) is 0.316. The highest BCUT2D eigenvalue weighted by Gasteiger charge is 2.20. The highest BCUT2D eigenvalue weighted by atomic mass is 32.2. The Kier molecular flexibility index (Phi) is 8.12. The molecule has 1 amide bonds. The molecule has 6 nitrogen and oxygen atoms in total. The van der Waals surface area contributed by atoms with E-state index in [4.69, 9.17) is 4.74 Å². The summed E-state index contributed by atoms with van der Waals surface area (Å²) in [6, 6.07) is 10.2. The van der Waals surface area contributed by atoms with Crippen molar-refractivity contribution in [3.8, 4) is 5.75 Å². The lowest BCUT2D eigenvalue weighted by Gasteiger charge is -2.15. The van der Waals surface area contributed by atoms with Crippen LogP contribution in [-0.2, 0) is 0 Å². The first-order valence-electron chi connectivity index (χ1n) is 8.16. The summed E-state index contributed by atoms with van der Waals surface area (Å²) >= 11 is 1.20. The molecule has 0 aliphatic carbocycles. The summed E-state index contributed by atoms with van der Waals surface area (Å²) in [5.41, 5.74) is 1.28. The third-order valence-electron chi connectivity index (χ3n) is 3.35. The summed E-state index contributed by atoms with van der Waals surface area (Å²) in [5.74, 6) is 0.370. The van der Waals surface area contributed by atoms with Crippen LogP contribution in [0.25, 0.3) is 0 Å². The maximum atomic E-state index is 12.4. The second-order valence-corrected chi connectivity index (χ2v) is 6.48.